The van der Waals surface area contributed by atoms with Crippen LogP contribution in [0.3, 0.4) is 0 Å². The Hall–Kier alpha value is -0.0571. The first-order chi connectivity index (χ1) is 1.73. The standard InChI is InChI=1S/GeH2O3/c2-1(3)4/h2-3H. The zero-order chi connectivity index (χ0) is 3.58. The SMILES string of the molecule is [O]=[Ge]([OH])[OH]. The fourth-order valence-electron chi connectivity index (χ4n) is 0. The third-order valence-corrected chi connectivity index (χ3v) is 0. The van der Waals surface area contributed by atoms with Crippen LogP contribution in [-0.4, -0.2) is 23.2 Å². The molecule has 0 aromatic carbocycles. The average molecular weight is 123 g/mol. The van der Waals surface area contributed by atoms with Crippen LogP contribution < -0.4 is 0 Å². The van der Waals surface area contributed by atoms with E-state index >= 15 is 0 Å². The van der Waals surface area contributed by atoms with Crippen molar-refractivity contribution in [2.24, 2.45) is 0 Å². The van der Waals surface area contributed by atoms with Crippen LogP contribution in [0.15, 0.2) is 0 Å². The summed E-state index contributed by atoms with van der Waals surface area (Å²) in [6.07, 6.45) is 0. The molecule has 0 aliphatic rings. The van der Waals surface area contributed by atoms with Crippen molar-refractivity contribution in [1.82, 2.24) is 0 Å². The van der Waals surface area contributed by atoms with Crippen LogP contribution in [0.4, 0.5) is 0 Å². The van der Waals surface area contributed by atoms with E-state index in [1.54, 1.807) is 0 Å². The molecule has 0 saturated carbocycles. The molecule has 0 radical (unpaired) electrons. The molecule has 3 nitrogen and oxygen atoms in total. The number of hydrogen-bond acceptors (Lipinski definition) is 1. The monoisotopic (exact) mass is 124 g/mol. The first kappa shape index (κ1) is 3.94. The summed E-state index contributed by atoms with van der Waals surface area (Å²) in [6.45, 7) is 0. The molecule has 4 heavy (non-hydrogen) atoms. The molecule has 0 aliphatic heterocycles. The van der Waals surface area contributed by atoms with Gasteiger partial charge in [0.05, 0.1) is 0 Å². The van der Waals surface area contributed by atoms with Gasteiger partial charge in [-0.2, -0.15) is 0 Å². The van der Waals surface area contributed by atoms with E-state index in [-0.39, 0.29) is 0 Å². The fraction of sp³-hybridized carbons (Fsp3) is 0. The van der Waals surface area contributed by atoms with Crippen LogP contribution in [0.2, 0.25) is 0 Å². The Morgan fingerprint density at radius 3 is 1.50 bits per heavy atom. The second-order valence-electron chi connectivity index (χ2n) is 0.283. The van der Waals surface area contributed by atoms with Crippen LogP contribution in [0.5, 0.6) is 0 Å². The van der Waals surface area contributed by atoms with Gasteiger partial charge in [0.1, 0.15) is 0 Å². The van der Waals surface area contributed by atoms with Crippen molar-refractivity contribution >= 4 is 15.0 Å². The van der Waals surface area contributed by atoms with E-state index in [1.165, 1.54) is 0 Å². The van der Waals surface area contributed by atoms with E-state index in [0.717, 1.165) is 0 Å². The van der Waals surface area contributed by atoms with Crippen molar-refractivity contribution < 1.29 is 12.0 Å². The number of rotatable bonds is 0. The first-order valence-electron chi connectivity index (χ1n) is 0.651. The Kier molecular flexibility index (Phi) is 1.26. The quantitative estimate of drug-likeness (QED) is 0.380. The first-order valence-corrected chi connectivity index (χ1v) is 3.38. The Balaban J connectivity index is 2.80. The molecule has 0 heterocycles. The molecule has 0 fully saturated rings. The predicted molar refractivity (Wildman–Crippen MR) is 10.9 cm³/mol. The molecule has 0 aromatic rings. The number of hydrogen-bond donors (Lipinski definition) is 2. The van der Waals surface area contributed by atoms with Crippen molar-refractivity contribution in [3.05, 3.63) is 0 Å². The van der Waals surface area contributed by atoms with E-state index in [9.17, 15) is 0 Å². The van der Waals surface area contributed by atoms with Crippen LogP contribution in [0.1, 0.15) is 0 Å². The van der Waals surface area contributed by atoms with Crippen molar-refractivity contribution in [1.29, 1.82) is 0 Å². The molecule has 0 rings (SSSR count). The zero-order valence-corrected chi connectivity index (χ0v) is 3.90. The Labute approximate surface area is 27.9 Å². The molecule has 0 atom stereocenters. The third kappa shape index (κ3) is 529. The third-order valence-electron chi connectivity index (χ3n) is 0. The second kappa shape index (κ2) is 1.28. The topological polar surface area (TPSA) is 57.5 Å². The van der Waals surface area contributed by atoms with Crippen LogP contribution in [0, 0.1) is 0 Å². The molecule has 0 amide bonds. The van der Waals surface area contributed by atoms with Gasteiger partial charge in [0.25, 0.3) is 0 Å². The second-order valence-corrected chi connectivity index (χ2v) is 1.47. The van der Waals surface area contributed by atoms with E-state index in [4.69, 9.17) is 12.0 Å². The summed E-state index contributed by atoms with van der Waals surface area (Å²) in [4.78, 5) is 0. The summed E-state index contributed by atoms with van der Waals surface area (Å²) in [5.74, 6) is 0. The zero-order valence-electron chi connectivity index (χ0n) is 1.80. The van der Waals surface area contributed by atoms with Gasteiger partial charge in [-0.05, 0) is 0 Å². The fourth-order valence-corrected chi connectivity index (χ4v) is 0. The summed E-state index contributed by atoms with van der Waals surface area (Å²) >= 11 is -3.58. The van der Waals surface area contributed by atoms with Gasteiger partial charge >= 0.3 is 27.0 Å². The van der Waals surface area contributed by atoms with Crippen molar-refractivity contribution in [2.75, 3.05) is 0 Å². The van der Waals surface area contributed by atoms with Crippen molar-refractivity contribution in [3.63, 3.8) is 0 Å². The molecule has 0 spiro atoms. The minimum absolute atomic E-state index is 3.58. The molecule has 0 bridgehead atoms. The van der Waals surface area contributed by atoms with E-state index < -0.39 is 15.0 Å². The van der Waals surface area contributed by atoms with Gasteiger partial charge in [-0.25, -0.2) is 0 Å². The Bertz CT molecular complexity index is 26.3. The molecule has 2 N–H and O–H groups in total. The van der Waals surface area contributed by atoms with Gasteiger partial charge < -0.3 is 0 Å². The van der Waals surface area contributed by atoms with Gasteiger partial charge in [0, 0.05) is 0 Å². The maximum atomic E-state index is 8.81. The molecule has 0 aliphatic carbocycles. The Morgan fingerprint density at radius 2 is 1.50 bits per heavy atom. The van der Waals surface area contributed by atoms with Gasteiger partial charge in [0.15, 0.2) is 0 Å². The molecular weight excluding hydrogens is 121 g/mol. The van der Waals surface area contributed by atoms with Crippen LogP contribution in [0.25, 0.3) is 0 Å². The van der Waals surface area contributed by atoms with Gasteiger partial charge in [0.2, 0.25) is 0 Å². The Morgan fingerprint density at radius 1 is 1.50 bits per heavy atom. The summed E-state index contributed by atoms with van der Waals surface area (Å²) in [7, 11) is 0. The molecule has 0 saturated heterocycles. The summed E-state index contributed by atoms with van der Waals surface area (Å²) < 4.78 is 23.2. The van der Waals surface area contributed by atoms with Gasteiger partial charge in [-0.1, -0.05) is 0 Å². The minimum atomic E-state index is -3.58. The van der Waals surface area contributed by atoms with Crippen molar-refractivity contribution in [2.45, 2.75) is 0 Å². The molecular formula is H2GeO3. The predicted octanol–water partition coefficient (Wildman–Crippen LogP) is -1.61. The van der Waals surface area contributed by atoms with Gasteiger partial charge in [-0.15, -0.1) is 0 Å². The van der Waals surface area contributed by atoms with Crippen LogP contribution >= 0.6 is 0 Å². The molecule has 0 aromatic heterocycles. The van der Waals surface area contributed by atoms with Crippen LogP contribution in [-0.2, 0) is 3.78 Å². The summed E-state index contributed by atoms with van der Waals surface area (Å²) in [6, 6.07) is 0. The van der Waals surface area contributed by atoms with E-state index in [0.29, 0.717) is 0 Å². The molecule has 0 unspecified atom stereocenters. The van der Waals surface area contributed by atoms with E-state index in [2.05, 4.69) is 0 Å². The average Bonchev–Trinajstić information content (AvgIpc) is 0.811. The normalized spacial score (nSPS) is 6.00. The summed E-state index contributed by atoms with van der Waals surface area (Å²) in [5, 5.41) is 0. The van der Waals surface area contributed by atoms with E-state index in [1.807, 2.05) is 0 Å². The molecule has 24 valence electrons. The van der Waals surface area contributed by atoms with Gasteiger partial charge in [-0.3, -0.25) is 0 Å². The van der Waals surface area contributed by atoms with Crippen molar-refractivity contribution in [3.8, 4) is 0 Å². The maximum absolute atomic E-state index is 8.81. The summed E-state index contributed by atoms with van der Waals surface area (Å²) in [5.41, 5.74) is 0. The molecule has 4 heteroatoms.